The molecule has 1 aromatic rings. The summed E-state index contributed by atoms with van der Waals surface area (Å²) in [5.74, 6) is 1.18. The molecule has 0 saturated carbocycles. The fourth-order valence-corrected chi connectivity index (χ4v) is 2.13. The molecule has 0 aliphatic rings. The van der Waals surface area contributed by atoms with E-state index < -0.39 is 0 Å². The highest BCUT2D eigenvalue weighted by atomic mass is 16.1. The molecule has 1 unspecified atom stereocenters. The van der Waals surface area contributed by atoms with Gasteiger partial charge in [-0.2, -0.15) is 0 Å². The Hall–Kier alpha value is -1.15. The quantitative estimate of drug-likeness (QED) is 0.713. The van der Waals surface area contributed by atoms with Crippen LogP contribution < -0.4 is 5.32 Å². The third-order valence-corrected chi connectivity index (χ3v) is 3.09. The van der Waals surface area contributed by atoms with Gasteiger partial charge in [0, 0.05) is 25.4 Å². The molecular formula is C16H25NO. The predicted octanol–water partition coefficient (Wildman–Crippen LogP) is 3.42. The summed E-state index contributed by atoms with van der Waals surface area (Å²) in [4.78, 5) is 11.8. The van der Waals surface area contributed by atoms with Gasteiger partial charge in [0.05, 0.1) is 0 Å². The summed E-state index contributed by atoms with van der Waals surface area (Å²) in [5, 5.41) is 3.32. The van der Waals surface area contributed by atoms with Crippen LogP contribution in [0.25, 0.3) is 0 Å². The Morgan fingerprint density at radius 1 is 1.17 bits per heavy atom. The van der Waals surface area contributed by atoms with E-state index in [1.807, 2.05) is 25.1 Å². The van der Waals surface area contributed by atoms with Gasteiger partial charge in [0.1, 0.15) is 5.78 Å². The first-order valence-electron chi connectivity index (χ1n) is 6.87. The number of rotatable bonds is 8. The Bertz CT molecular complexity index is 345. The van der Waals surface area contributed by atoms with Gasteiger partial charge < -0.3 is 5.32 Å². The molecule has 0 aliphatic carbocycles. The zero-order valence-corrected chi connectivity index (χ0v) is 11.8. The molecule has 0 aromatic heterocycles. The number of ketones is 1. The van der Waals surface area contributed by atoms with Crippen LogP contribution in [-0.4, -0.2) is 12.3 Å². The molecule has 18 heavy (non-hydrogen) atoms. The van der Waals surface area contributed by atoms with Crippen molar-refractivity contribution in [1.29, 1.82) is 0 Å². The fourth-order valence-electron chi connectivity index (χ4n) is 2.13. The van der Waals surface area contributed by atoms with E-state index in [1.54, 1.807) is 0 Å². The van der Waals surface area contributed by atoms with Crippen molar-refractivity contribution in [1.82, 2.24) is 5.32 Å². The highest BCUT2D eigenvalue weighted by Crippen LogP contribution is 2.13. The van der Waals surface area contributed by atoms with Gasteiger partial charge in [-0.05, 0) is 17.9 Å². The molecule has 0 aliphatic heterocycles. The second-order valence-electron chi connectivity index (χ2n) is 5.41. The van der Waals surface area contributed by atoms with Crippen LogP contribution in [0, 0.1) is 11.8 Å². The summed E-state index contributed by atoms with van der Waals surface area (Å²) in [7, 11) is 0. The van der Waals surface area contributed by atoms with Crippen molar-refractivity contribution in [2.24, 2.45) is 11.8 Å². The molecule has 2 nitrogen and oxygen atoms in total. The normalized spacial score (nSPS) is 12.7. The third kappa shape index (κ3) is 5.97. The summed E-state index contributed by atoms with van der Waals surface area (Å²) in [5.41, 5.74) is 1.26. The van der Waals surface area contributed by atoms with Gasteiger partial charge in [0.2, 0.25) is 0 Å². The molecule has 1 rings (SSSR count). The minimum Gasteiger partial charge on any atom is -0.312 e. The van der Waals surface area contributed by atoms with E-state index in [9.17, 15) is 4.79 Å². The number of nitrogens with one attached hydrogen (secondary N) is 1. The maximum Gasteiger partial charge on any atom is 0.136 e. The lowest BCUT2D eigenvalue weighted by Gasteiger charge is -2.13. The Balaban J connectivity index is 2.16. The molecule has 0 saturated heterocycles. The van der Waals surface area contributed by atoms with Crippen LogP contribution in [-0.2, 0) is 11.3 Å². The van der Waals surface area contributed by atoms with Crippen molar-refractivity contribution in [3.8, 4) is 0 Å². The summed E-state index contributed by atoms with van der Waals surface area (Å²) >= 11 is 0. The van der Waals surface area contributed by atoms with Crippen LogP contribution in [0.5, 0.6) is 0 Å². The van der Waals surface area contributed by atoms with Crippen LogP contribution in [0.3, 0.4) is 0 Å². The predicted molar refractivity (Wildman–Crippen MR) is 76.4 cm³/mol. The maximum absolute atomic E-state index is 11.8. The number of hydrogen-bond acceptors (Lipinski definition) is 2. The van der Waals surface area contributed by atoms with Crippen molar-refractivity contribution >= 4 is 5.78 Å². The van der Waals surface area contributed by atoms with E-state index in [4.69, 9.17) is 0 Å². The van der Waals surface area contributed by atoms with Gasteiger partial charge in [0.15, 0.2) is 0 Å². The zero-order chi connectivity index (χ0) is 13.4. The first kappa shape index (κ1) is 14.9. The molecule has 1 atom stereocenters. The van der Waals surface area contributed by atoms with E-state index in [0.29, 0.717) is 18.1 Å². The van der Waals surface area contributed by atoms with E-state index in [2.05, 4.69) is 31.3 Å². The highest BCUT2D eigenvalue weighted by molar-refractivity contribution is 5.80. The number of hydrogen-bond donors (Lipinski definition) is 1. The maximum atomic E-state index is 11.8. The Morgan fingerprint density at radius 2 is 1.83 bits per heavy atom. The molecule has 0 spiro atoms. The van der Waals surface area contributed by atoms with Gasteiger partial charge in [-0.15, -0.1) is 0 Å². The van der Waals surface area contributed by atoms with Crippen LogP contribution in [0.15, 0.2) is 30.3 Å². The summed E-state index contributed by atoms with van der Waals surface area (Å²) in [6.07, 6.45) is 1.64. The average Bonchev–Trinajstić information content (AvgIpc) is 2.34. The van der Waals surface area contributed by atoms with E-state index in [0.717, 1.165) is 19.5 Å². The summed E-state index contributed by atoms with van der Waals surface area (Å²) in [6.45, 7) is 7.98. The van der Waals surface area contributed by atoms with Gasteiger partial charge in [-0.3, -0.25) is 4.79 Å². The summed E-state index contributed by atoms with van der Waals surface area (Å²) < 4.78 is 0. The average molecular weight is 247 g/mol. The van der Waals surface area contributed by atoms with Gasteiger partial charge in [-0.25, -0.2) is 0 Å². The summed E-state index contributed by atoms with van der Waals surface area (Å²) in [6, 6.07) is 10.3. The lowest BCUT2D eigenvalue weighted by molar-refractivity contribution is -0.122. The van der Waals surface area contributed by atoms with Crippen molar-refractivity contribution in [3.05, 3.63) is 35.9 Å². The molecule has 100 valence electrons. The van der Waals surface area contributed by atoms with Crippen LogP contribution in [0.2, 0.25) is 0 Å². The Kier molecular flexibility index (Phi) is 6.66. The van der Waals surface area contributed by atoms with E-state index in [-0.39, 0.29) is 5.92 Å². The van der Waals surface area contributed by atoms with Crippen LogP contribution >= 0.6 is 0 Å². The number of benzene rings is 1. The zero-order valence-electron chi connectivity index (χ0n) is 11.8. The van der Waals surface area contributed by atoms with E-state index in [1.165, 1.54) is 5.56 Å². The molecule has 0 radical (unpaired) electrons. The molecule has 0 fully saturated rings. The molecule has 0 bridgehead atoms. The fraction of sp³-hybridized carbons (Fsp3) is 0.562. The second-order valence-corrected chi connectivity index (χ2v) is 5.41. The standard InChI is InChI=1S/C16H25NO/c1-13(2)11-14(3)16(18)9-10-17-12-15-7-5-4-6-8-15/h4-8,13-14,17H,9-12H2,1-3H3. The minimum atomic E-state index is 0.198. The Morgan fingerprint density at radius 3 is 2.44 bits per heavy atom. The molecular weight excluding hydrogens is 222 g/mol. The smallest absolute Gasteiger partial charge is 0.136 e. The number of carbonyl (C=O) groups is 1. The van der Waals surface area contributed by atoms with Crippen molar-refractivity contribution in [2.75, 3.05) is 6.54 Å². The van der Waals surface area contributed by atoms with Gasteiger partial charge >= 0.3 is 0 Å². The van der Waals surface area contributed by atoms with Crippen LogP contribution in [0.4, 0.5) is 0 Å². The second kappa shape index (κ2) is 8.04. The first-order chi connectivity index (χ1) is 8.59. The molecule has 0 heterocycles. The minimum absolute atomic E-state index is 0.198. The number of carbonyl (C=O) groups excluding carboxylic acids is 1. The lowest BCUT2D eigenvalue weighted by Crippen LogP contribution is -2.21. The third-order valence-electron chi connectivity index (χ3n) is 3.09. The molecule has 1 N–H and O–H groups in total. The van der Waals surface area contributed by atoms with Crippen molar-refractivity contribution in [3.63, 3.8) is 0 Å². The van der Waals surface area contributed by atoms with Gasteiger partial charge in [-0.1, -0.05) is 51.1 Å². The molecule has 0 amide bonds. The van der Waals surface area contributed by atoms with Gasteiger partial charge in [0.25, 0.3) is 0 Å². The van der Waals surface area contributed by atoms with E-state index >= 15 is 0 Å². The SMILES string of the molecule is CC(C)CC(C)C(=O)CCNCc1ccccc1. The van der Waals surface area contributed by atoms with Crippen LogP contribution in [0.1, 0.15) is 39.2 Å². The number of Topliss-reactive ketones (excluding diaryl/α,β-unsaturated/α-hetero) is 1. The molecule has 2 heteroatoms. The highest BCUT2D eigenvalue weighted by Gasteiger charge is 2.13. The largest absolute Gasteiger partial charge is 0.312 e. The molecule has 1 aromatic carbocycles. The van der Waals surface area contributed by atoms with Crippen molar-refractivity contribution in [2.45, 2.75) is 40.2 Å². The Labute approximate surface area is 111 Å². The lowest BCUT2D eigenvalue weighted by atomic mass is 9.93. The van der Waals surface area contributed by atoms with Crippen molar-refractivity contribution < 1.29 is 4.79 Å². The topological polar surface area (TPSA) is 29.1 Å². The monoisotopic (exact) mass is 247 g/mol. The first-order valence-corrected chi connectivity index (χ1v) is 6.87.